The summed E-state index contributed by atoms with van der Waals surface area (Å²) in [5.74, 6) is 0. The van der Waals surface area contributed by atoms with Gasteiger partial charge in [0.2, 0.25) is 0 Å². The molecule has 0 saturated heterocycles. The Morgan fingerprint density at radius 2 is 0.580 bits per heavy atom. The van der Waals surface area contributed by atoms with Crippen molar-refractivity contribution in [1.29, 1.82) is 10.5 Å². The monoisotopic (exact) mass is 878 g/mol. The van der Waals surface area contributed by atoms with Gasteiger partial charge in [-0.15, -0.1) is 0 Å². The van der Waals surface area contributed by atoms with Gasteiger partial charge in [0.1, 0.15) is 23.3 Å². The van der Waals surface area contributed by atoms with Crippen molar-refractivity contribution in [3.8, 4) is 34.9 Å². The number of para-hydroxylation sites is 8. The van der Waals surface area contributed by atoms with Crippen LogP contribution >= 0.6 is 0 Å². The summed E-state index contributed by atoms with van der Waals surface area (Å²) in [6, 6.07) is 77.1. The molecule has 15 rings (SSSR count). The van der Waals surface area contributed by atoms with Crippen LogP contribution in [0.2, 0.25) is 0 Å². The number of fused-ring (bicyclic) bond motifs is 16. The number of nitrogens with zero attached hydrogens (tertiary/aromatic N) is 6. The van der Waals surface area contributed by atoms with Gasteiger partial charge in [-0.2, -0.15) is 10.5 Å². The van der Waals surface area contributed by atoms with Crippen LogP contribution < -0.4 is 0 Å². The molecular weight excluding hydrogens is 845 g/mol. The van der Waals surface area contributed by atoms with E-state index in [1.807, 2.05) is 36.4 Å². The molecule has 0 atom stereocenters. The molecule has 0 spiro atoms. The van der Waals surface area contributed by atoms with Crippen molar-refractivity contribution < 1.29 is 4.42 Å². The first kappa shape index (κ1) is 37.4. The second-order valence-corrected chi connectivity index (χ2v) is 17.8. The molecule has 0 bridgehead atoms. The minimum Gasteiger partial charge on any atom is -0.455 e. The summed E-state index contributed by atoms with van der Waals surface area (Å²) < 4.78 is 16.0. The zero-order valence-electron chi connectivity index (χ0n) is 36.7. The van der Waals surface area contributed by atoms with E-state index in [1.54, 1.807) is 0 Å². The van der Waals surface area contributed by atoms with Gasteiger partial charge < -0.3 is 22.7 Å². The topological polar surface area (TPSA) is 80.4 Å². The van der Waals surface area contributed by atoms with Gasteiger partial charge in [0.15, 0.2) is 0 Å². The molecule has 69 heavy (non-hydrogen) atoms. The number of aromatic nitrogens is 4. The standard InChI is InChI=1S/C62H34N6O/c63-35-46-47(36-64)59(68-54-31-15-7-24-45(54)57-55(68)34-33-44-43-23-8-16-32-56(43)69-62(44)57)61(67-52-29-13-5-21-41(52)42-22-6-14-30-53(42)67)60(66-50-27-11-3-19-39(50)40-20-4-12-28-51(40)66)58(46)65-48-25-9-1-17-37(48)38-18-2-10-26-49(38)65/h1-34H. The summed E-state index contributed by atoms with van der Waals surface area (Å²) in [7, 11) is 0. The van der Waals surface area contributed by atoms with Crippen LogP contribution in [0.25, 0.3) is 132 Å². The molecule has 5 heterocycles. The Kier molecular flexibility index (Phi) is 7.51. The van der Waals surface area contributed by atoms with E-state index >= 15 is 0 Å². The second-order valence-electron chi connectivity index (χ2n) is 17.8. The van der Waals surface area contributed by atoms with Crippen LogP contribution in [0.15, 0.2) is 211 Å². The number of hydrogen-bond donors (Lipinski definition) is 0. The van der Waals surface area contributed by atoms with Crippen LogP contribution in [0.3, 0.4) is 0 Å². The van der Waals surface area contributed by atoms with Crippen molar-refractivity contribution in [3.63, 3.8) is 0 Å². The molecule has 5 aromatic heterocycles. The van der Waals surface area contributed by atoms with Gasteiger partial charge in [-0.1, -0.05) is 146 Å². The molecule has 7 heteroatoms. The molecule has 0 aliphatic heterocycles. The van der Waals surface area contributed by atoms with E-state index in [4.69, 9.17) is 4.42 Å². The Morgan fingerprint density at radius 3 is 0.971 bits per heavy atom. The van der Waals surface area contributed by atoms with Crippen LogP contribution in [-0.2, 0) is 0 Å². The van der Waals surface area contributed by atoms with Crippen molar-refractivity contribution in [3.05, 3.63) is 217 Å². The Labute approximate surface area is 392 Å². The highest BCUT2D eigenvalue weighted by atomic mass is 16.3. The largest absolute Gasteiger partial charge is 0.455 e. The molecule has 0 fully saturated rings. The summed E-state index contributed by atoms with van der Waals surface area (Å²) in [6.07, 6.45) is 0. The number of benzene rings is 10. The Balaban J connectivity index is 1.29. The highest BCUT2D eigenvalue weighted by Crippen LogP contribution is 2.50. The Bertz CT molecular complexity index is 4660. The first-order chi connectivity index (χ1) is 34.2. The number of nitriles is 2. The van der Waals surface area contributed by atoms with Gasteiger partial charge >= 0.3 is 0 Å². The van der Waals surface area contributed by atoms with E-state index in [9.17, 15) is 10.5 Å². The molecule has 318 valence electrons. The molecular formula is C62H34N6O. The highest BCUT2D eigenvalue weighted by Gasteiger charge is 2.35. The first-order valence-electron chi connectivity index (χ1n) is 23.1. The average molecular weight is 879 g/mol. The van der Waals surface area contributed by atoms with E-state index < -0.39 is 0 Å². The van der Waals surface area contributed by atoms with Crippen molar-refractivity contribution in [2.45, 2.75) is 0 Å². The molecule has 10 aromatic carbocycles. The highest BCUT2D eigenvalue weighted by molar-refractivity contribution is 6.24. The number of furan rings is 1. The minimum atomic E-state index is 0.253. The van der Waals surface area contributed by atoms with E-state index in [2.05, 4.69) is 200 Å². The fourth-order valence-corrected chi connectivity index (χ4v) is 11.7. The fourth-order valence-electron chi connectivity index (χ4n) is 11.7. The van der Waals surface area contributed by atoms with Gasteiger partial charge in [0, 0.05) is 48.5 Å². The third-order valence-corrected chi connectivity index (χ3v) is 14.4. The molecule has 15 aromatic rings. The van der Waals surface area contributed by atoms with Gasteiger partial charge in [-0.25, -0.2) is 0 Å². The summed E-state index contributed by atoms with van der Waals surface area (Å²) in [4.78, 5) is 0. The van der Waals surface area contributed by atoms with Crippen molar-refractivity contribution in [2.24, 2.45) is 0 Å². The quantitative estimate of drug-likeness (QED) is 0.177. The summed E-state index contributed by atoms with van der Waals surface area (Å²) in [5.41, 5.74) is 12.2. The molecule has 0 aliphatic carbocycles. The van der Waals surface area contributed by atoms with Gasteiger partial charge in [-0.05, 0) is 60.7 Å². The fraction of sp³-hybridized carbons (Fsp3) is 0. The SMILES string of the molecule is N#Cc1c(C#N)c(-n2c3ccccc3c3c4oc5ccccc5c4ccc32)c(-n2c3ccccc3c3ccccc32)c(-n2c3ccccc3c3ccccc32)c1-n1c2ccccc2c2ccccc21. The third-order valence-electron chi connectivity index (χ3n) is 14.4. The predicted octanol–water partition coefficient (Wildman–Crippen LogP) is 15.7. The normalized spacial score (nSPS) is 12.0. The lowest BCUT2D eigenvalue weighted by molar-refractivity contribution is 0.673. The molecule has 0 N–H and O–H groups in total. The summed E-state index contributed by atoms with van der Waals surface area (Å²) in [5, 5.41) is 34.6. The molecule has 0 radical (unpaired) electrons. The van der Waals surface area contributed by atoms with E-state index in [-0.39, 0.29) is 11.1 Å². The van der Waals surface area contributed by atoms with Crippen molar-refractivity contribution in [2.75, 3.05) is 0 Å². The van der Waals surface area contributed by atoms with E-state index in [0.717, 1.165) is 121 Å². The predicted molar refractivity (Wildman–Crippen MR) is 281 cm³/mol. The third kappa shape index (κ3) is 4.82. The molecule has 0 amide bonds. The maximum Gasteiger partial charge on any atom is 0.145 e. The van der Waals surface area contributed by atoms with Crippen molar-refractivity contribution >= 4 is 109 Å². The van der Waals surface area contributed by atoms with Crippen LogP contribution in [0.4, 0.5) is 0 Å². The van der Waals surface area contributed by atoms with Crippen LogP contribution in [0, 0.1) is 22.7 Å². The Morgan fingerprint density at radius 1 is 0.275 bits per heavy atom. The summed E-state index contributed by atoms with van der Waals surface area (Å²) >= 11 is 0. The van der Waals surface area contributed by atoms with Crippen LogP contribution in [0.1, 0.15) is 11.1 Å². The molecule has 0 aliphatic rings. The second kappa shape index (κ2) is 13.9. The molecule has 0 unspecified atom stereocenters. The zero-order chi connectivity index (χ0) is 45.5. The number of hydrogen-bond acceptors (Lipinski definition) is 3. The average Bonchev–Trinajstić information content (AvgIpc) is 4.21. The van der Waals surface area contributed by atoms with Gasteiger partial charge in [-0.3, -0.25) is 0 Å². The Hall–Kier alpha value is -9.82. The van der Waals surface area contributed by atoms with Crippen LogP contribution in [0.5, 0.6) is 0 Å². The lowest BCUT2D eigenvalue weighted by Gasteiger charge is -2.27. The first-order valence-corrected chi connectivity index (χ1v) is 23.1. The zero-order valence-corrected chi connectivity index (χ0v) is 36.7. The van der Waals surface area contributed by atoms with Gasteiger partial charge in [0.25, 0.3) is 0 Å². The molecule has 7 nitrogen and oxygen atoms in total. The minimum absolute atomic E-state index is 0.253. The lowest BCUT2D eigenvalue weighted by Crippen LogP contribution is -2.17. The van der Waals surface area contributed by atoms with E-state index in [1.165, 1.54) is 0 Å². The number of rotatable bonds is 4. The lowest BCUT2D eigenvalue weighted by atomic mass is 9.98. The summed E-state index contributed by atoms with van der Waals surface area (Å²) in [6.45, 7) is 0. The van der Waals surface area contributed by atoms with E-state index in [0.29, 0.717) is 11.4 Å². The maximum atomic E-state index is 12.1. The smallest absolute Gasteiger partial charge is 0.145 e. The maximum absolute atomic E-state index is 12.1. The van der Waals surface area contributed by atoms with Crippen LogP contribution in [-0.4, -0.2) is 18.3 Å². The van der Waals surface area contributed by atoms with Gasteiger partial charge in [0.05, 0.1) is 83.4 Å². The van der Waals surface area contributed by atoms with Crippen molar-refractivity contribution in [1.82, 2.24) is 18.3 Å². The molecule has 0 saturated carbocycles.